The van der Waals surface area contributed by atoms with Crippen molar-refractivity contribution in [3.05, 3.63) is 0 Å². The van der Waals surface area contributed by atoms with E-state index in [1.807, 2.05) is 0 Å². The highest BCUT2D eigenvalue weighted by atomic mass is 19.1. The molecule has 3 N–H and O–H groups in total. The third-order valence-electron chi connectivity index (χ3n) is 5.36. The van der Waals surface area contributed by atoms with Gasteiger partial charge in [0, 0.05) is 6.42 Å². The van der Waals surface area contributed by atoms with Gasteiger partial charge < -0.3 is 20.5 Å². The van der Waals surface area contributed by atoms with E-state index in [1.54, 1.807) is 20.8 Å². The number of nitrogens with zero attached hydrogens (tertiary/aromatic N) is 2. The van der Waals surface area contributed by atoms with Crippen LogP contribution in [-0.2, 0) is 14.3 Å². The van der Waals surface area contributed by atoms with E-state index in [-0.39, 0.29) is 18.9 Å². The quantitative estimate of drug-likeness (QED) is 0.718. The van der Waals surface area contributed by atoms with Crippen LogP contribution in [0.4, 0.5) is 9.18 Å². The average molecular weight is 371 g/mol. The lowest BCUT2D eigenvalue weighted by Crippen LogP contribution is -2.59. The number of fused-ring (bicyclic) bond motifs is 2. The van der Waals surface area contributed by atoms with E-state index in [4.69, 9.17) is 10.5 Å². The normalized spacial score (nSPS) is 36.5. The van der Waals surface area contributed by atoms with Crippen molar-refractivity contribution in [2.24, 2.45) is 11.7 Å². The Bertz CT molecular complexity index is 622. The number of piperidine rings is 1. The zero-order chi connectivity index (χ0) is 19.4. The van der Waals surface area contributed by atoms with E-state index in [2.05, 4.69) is 0 Å². The zero-order valence-corrected chi connectivity index (χ0v) is 15.2. The van der Waals surface area contributed by atoms with Crippen LogP contribution in [0.3, 0.4) is 0 Å². The Morgan fingerprint density at radius 2 is 1.85 bits per heavy atom. The Morgan fingerprint density at radius 3 is 2.42 bits per heavy atom. The third-order valence-corrected chi connectivity index (χ3v) is 5.36. The molecular formula is C17H26FN3O5. The summed E-state index contributed by atoms with van der Waals surface area (Å²) in [4.78, 5) is 39.8. The molecule has 3 amide bonds. The van der Waals surface area contributed by atoms with Gasteiger partial charge in [-0.15, -0.1) is 0 Å². The molecule has 1 aliphatic carbocycles. The summed E-state index contributed by atoms with van der Waals surface area (Å²) in [6.07, 6.45) is -2.00. The second-order valence-corrected chi connectivity index (χ2v) is 8.44. The molecule has 146 valence electrons. The van der Waals surface area contributed by atoms with Gasteiger partial charge in [-0.25, -0.2) is 9.18 Å². The Hall–Kier alpha value is -1.90. The van der Waals surface area contributed by atoms with E-state index in [1.165, 1.54) is 4.90 Å². The van der Waals surface area contributed by atoms with E-state index in [9.17, 15) is 23.9 Å². The number of ether oxygens (including phenoxy) is 1. The molecule has 2 saturated heterocycles. The Labute approximate surface area is 151 Å². The van der Waals surface area contributed by atoms with Gasteiger partial charge in [0.2, 0.25) is 11.8 Å². The van der Waals surface area contributed by atoms with Crippen LogP contribution in [-0.4, -0.2) is 75.4 Å². The predicted molar refractivity (Wildman–Crippen MR) is 88.6 cm³/mol. The maximum absolute atomic E-state index is 13.8. The number of aliphatic hydroxyl groups excluding tert-OH is 1. The maximum Gasteiger partial charge on any atom is 0.411 e. The summed E-state index contributed by atoms with van der Waals surface area (Å²) in [5.74, 6) is -1.51. The second-order valence-electron chi connectivity index (χ2n) is 8.44. The molecule has 3 rings (SSSR count). The van der Waals surface area contributed by atoms with E-state index in [0.29, 0.717) is 12.8 Å². The first-order chi connectivity index (χ1) is 12.0. The van der Waals surface area contributed by atoms with Crippen LogP contribution in [0.2, 0.25) is 0 Å². The van der Waals surface area contributed by atoms with Gasteiger partial charge in [-0.1, -0.05) is 0 Å². The minimum atomic E-state index is -1.32. The molecule has 0 aromatic heterocycles. The second kappa shape index (κ2) is 6.37. The summed E-state index contributed by atoms with van der Waals surface area (Å²) in [6, 6.07) is -2.40. The molecule has 3 aliphatic rings. The van der Waals surface area contributed by atoms with Crippen molar-refractivity contribution in [1.82, 2.24) is 9.80 Å². The molecule has 9 heteroatoms. The van der Waals surface area contributed by atoms with Crippen molar-refractivity contribution in [3.8, 4) is 0 Å². The highest BCUT2D eigenvalue weighted by molar-refractivity contribution is 5.92. The van der Waals surface area contributed by atoms with Gasteiger partial charge in [-0.3, -0.25) is 14.5 Å². The van der Waals surface area contributed by atoms with Crippen molar-refractivity contribution in [2.45, 2.75) is 76.0 Å². The van der Waals surface area contributed by atoms with E-state index in [0.717, 1.165) is 4.90 Å². The number of hydrogen-bond donors (Lipinski definition) is 2. The first-order valence-corrected chi connectivity index (χ1v) is 8.93. The first-order valence-electron chi connectivity index (χ1n) is 8.93. The number of aliphatic hydroxyl groups is 1. The van der Waals surface area contributed by atoms with Crippen molar-refractivity contribution >= 4 is 17.9 Å². The SMILES string of the molecule is CC(C)(C)OC(=O)N1[C@@H]2C[C@@H](C[C@H]2O)[C@H]1C(=O)N1C[C@@H](F)C[C@H]1C(N)=O. The lowest BCUT2D eigenvalue weighted by molar-refractivity contribution is -0.144. The summed E-state index contributed by atoms with van der Waals surface area (Å²) in [5.41, 5.74) is 4.56. The van der Waals surface area contributed by atoms with Gasteiger partial charge in [0.25, 0.3) is 0 Å². The molecule has 6 atom stereocenters. The molecule has 0 spiro atoms. The van der Waals surface area contributed by atoms with E-state index < -0.39 is 53.9 Å². The van der Waals surface area contributed by atoms with Crippen LogP contribution in [0.1, 0.15) is 40.0 Å². The van der Waals surface area contributed by atoms with Gasteiger partial charge in [-0.05, 0) is 39.5 Å². The molecular weight excluding hydrogens is 345 g/mol. The highest BCUT2D eigenvalue weighted by Crippen LogP contribution is 2.44. The number of nitrogens with two attached hydrogens (primary N) is 1. The van der Waals surface area contributed by atoms with Crippen molar-refractivity contribution < 1.29 is 28.6 Å². The van der Waals surface area contributed by atoms with Gasteiger partial charge in [-0.2, -0.15) is 0 Å². The number of rotatable bonds is 2. The summed E-state index contributed by atoms with van der Waals surface area (Å²) in [6.45, 7) is 4.92. The van der Waals surface area contributed by atoms with Crippen LogP contribution < -0.4 is 5.73 Å². The largest absolute Gasteiger partial charge is 0.444 e. The third kappa shape index (κ3) is 3.24. The molecule has 2 bridgehead atoms. The smallest absolute Gasteiger partial charge is 0.411 e. The molecule has 0 radical (unpaired) electrons. The topological polar surface area (TPSA) is 113 Å². The molecule has 0 aromatic rings. The Morgan fingerprint density at radius 1 is 1.19 bits per heavy atom. The van der Waals surface area contributed by atoms with Crippen LogP contribution in [0.5, 0.6) is 0 Å². The number of amides is 3. The molecule has 2 aliphatic heterocycles. The fourth-order valence-electron chi connectivity index (χ4n) is 4.37. The van der Waals surface area contributed by atoms with Crippen LogP contribution in [0.25, 0.3) is 0 Å². The number of likely N-dealkylation sites (tertiary alicyclic amines) is 2. The van der Waals surface area contributed by atoms with Crippen molar-refractivity contribution in [1.29, 1.82) is 0 Å². The minimum absolute atomic E-state index is 0.128. The number of carbonyl (C=O) groups excluding carboxylic acids is 3. The molecule has 3 fully saturated rings. The standard InChI is InChI=1S/C17H26FN3O5/c1-17(2,3)26-16(25)21-10-4-8(5-12(10)22)13(21)15(24)20-7-9(18)6-11(20)14(19)23/h8-13,22H,4-7H2,1-3H3,(H2,19,23)/t8-,9-,10+,11-,12+,13-/m0/s1. The monoisotopic (exact) mass is 371 g/mol. The van der Waals surface area contributed by atoms with Gasteiger partial charge in [0.15, 0.2) is 0 Å². The Kier molecular flexibility index (Phi) is 4.62. The summed E-state index contributed by atoms with van der Waals surface area (Å²) < 4.78 is 19.2. The number of carbonyl (C=O) groups is 3. The summed E-state index contributed by atoms with van der Waals surface area (Å²) >= 11 is 0. The Balaban J connectivity index is 1.85. The lowest BCUT2D eigenvalue weighted by Gasteiger charge is -2.39. The minimum Gasteiger partial charge on any atom is -0.444 e. The number of halogens is 1. The molecule has 0 unspecified atom stereocenters. The van der Waals surface area contributed by atoms with Crippen LogP contribution in [0, 0.1) is 5.92 Å². The molecule has 2 heterocycles. The van der Waals surface area contributed by atoms with Gasteiger partial charge in [0.05, 0.1) is 18.7 Å². The van der Waals surface area contributed by atoms with Crippen LogP contribution >= 0.6 is 0 Å². The number of primary amides is 1. The molecule has 26 heavy (non-hydrogen) atoms. The lowest BCUT2D eigenvalue weighted by atomic mass is 9.96. The molecule has 1 saturated carbocycles. The van der Waals surface area contributed by atoms with E-state index >= 15 is 0 Å². The van der Waals surface area contributed by atoms with Crippen LogP contribution in [0.15, 0.2) is 0 Å². The maximum atomic E-state index is 13.8. The molecule has 8 nitrogen and oxygen atoms in total. The fraction of sp³-hybridized carbons (Fsp3) is 0.824. The number of hydrogen-bond acceptors (Lipinski definition) is 5. The predicted octanol–water partition coefficient (Wildman–Crippen LogP) is 0.170. The van der Waals surface area contributed by atoms with Gasteiger partial charge in [0.1, 0.15) is 23.9 Å². The highest BCUT2D eigenvalue weighted by Gasteiger charge is 2.58. The zero-order valence-electron chi connectivity index (χ0n) is 15.2. The first kappa shape index (κ1) is 18.9. The average Bonchev–Trinajstić information content (AvgIpc) is 3.15. The fourth-order valence-corrected chi connectivity index (χ4v) is 4.37. The summed E-state index contributed by atoms with van der Waals surface area (Å²) in [5, 5.41) is 10.2. The van der Waals surface area contributed by atoms with Crippen molar-refractivity contribution in [2.75, 3.05) is 6.54 Å². The molecule has 0 aromatic carbocycles. The van der Waals surface area contributed by atoms with Gasteiger partial charge >= 0.3 is 6.09 Å². The van der Waals surface area contributed by atoms with Crippen molar-refractivity contribution in [3.63, 3.8) is 0 Å². The summed E-state index contributed by atoms with van der Waals surface area (Å²) in [7, 11) is 0. The number of alkyl halides is 1.